The summed E-state index contributed by atoms with van der Waals surface area (Å²) < 4.78 is 54.5. The molecule has 1 aromatic carbocycles. The van der Waals surface area contributed by atoms with Crippen molar-refractivity contribution in [1.29, 1.82) is 0 Å². The molecule has 29 heavy (non-hydrogen) atoms. The zero-order valence-corrected chi connectivity index (χ0v) is 16.6. The number of thiophene rings is 1. The second kappa shape index (κ2) is 8.47. The Bertz CT molecular complexity index is 878. The van der Waals surface area contributed by atoms with E-state index in [1.165, 1.54) is 17.6 Å². The van der Waals surface area contributed by atoms with Crippen molar-refractivity contribution in [2.75, 3.05) is 25.0 Å². The van der Waals surface area contributed by atoms with Crippen LogP contribution in [-0.2, 0) is 11.3 Å². The fraction of sp³-hybridized carbons (Fsp3) is 0.550. The Kier molecular flexibility index (Phi) is 5.96. The molecule has 2 aromatic rings. The molecule has 158 valence electrons. The van der Waals surface area contributed by atoms with E-state index in [0.29, 0.717) is 46.1 Å². The summed E-state index contributed by atoms with van der Waals surface area (Å²) in [5.41, 5.74) is 0.839. The molecule has 2 heterocycles. The molecule has 2 aliphatic rings. The van der Waals surface area contributed by atoms with Crippen LogP contribution in [0.15, 0.2) is 23.4 Å². The highest BCUT2D eigenvalue weighted by Crippen LogP contribution is 2.39. The Hall–Kier alpha value is -1.87. The summed E-state index contributed by atoms with van der Waals surface area (Å²) in [6.45, 7) is 1.47. The summed E-state index contributed by atoms with van der Waals surface area (Å²) >= 11 is 1.23. The van der Waals surface area contributed by atoms with E-state index >= 15 is 0 Å². The maximum atomic E-state index is 14.2. The first kappa shape index (κ1) is 20.4. The minimum atomic E-state index is -4.34. The Balaban J connectivity index is 1.64. The molecule has 1 saturated heterocycles. The second-order valence-electron chi connectivity index (χ2n) is 7.65. The molecule has 0 unspecified atom stereocenters. The highest BCUT2D eigenvalue weighted by atomic mass is 32.1. The zero-order chi connectivity index (χ0) is 20.4. The van der Waals surface area contributed by atoms with Gasteiger partial charge in [-0.15, -0.1) is 11.3 Å². The topological polar surface area (TPSA) is 45.7 Å². The maximum absolute atomic E-state index is 14.2. The van der Waals surface area contributed by atoms with Crippen molar-refractivity contribution in [3.63, 3.8) is 0 Å². The van der Waals surface area contributed by atoms with Gasteiger partial charge in [-0.05, 0) is 48.7 Å². The van der Waals surface area contributed by atoms with Gasteiger partial charge in [0.15, 0.2) is 0 Å². The van der Waals surface area contributed by atoms with Crippen LogP contribution in [0.4, 0.5) is 23.2 Å². The van der Waals surface area contributed by atoms with E-state index in [2.05, 4.69) is 15.8 Å². The molecule has 2 fully saturated rings. The number of rotatable bonds is 7. The molecule has 0 bridgehead atoms. The van der Waals surface area contributed by atoms with Gasteiger partial charge in [0.05, 0.1) is 33.9 Å². The lowest BCUT2D eigenvalue weighted by Crippen LogP contribution is -2.45. The third kappa shape index (κ3) is 5.19. The molecular formula is C20H23F4N3OS. The van der Waals surface area contributed by atoms with Crippen molar-refractivity contribution >= 4 is 33.3 Å². The molecule has 9 heteroatoms. The van der Waals surface area contributed by atoms with Crippen LogP contribution < -0.4 is 10.6 Å². The molecule has 2 N–H and O–H groups in total. The number of hydrogen-bond donors (Lipinski definition) is 2. The largest absolute Gasteiger partial charge is 0.395 e. The highest BCUT2D eigenvalue weighted by molar-refractivity contribution is 7.21. The van der Waals surface area contributed by atoms with Gasteiger partial charge in [-0.2, -0.15) is 13.2 Å². The smallest absolute Gasteiger partial charge is 0.393 e. The average Bonchev–Trinajstić information content (AvgIpc) is 3.43. The predicted molar refractivity (Wildman–Crippen MR) is 108 cm³/mol. The number of alkyl halides is 4. The fourth-order valence-electron chi connectivity index (χ4n) is 3.49. The quantitative estimate of drug-likeness (QED) is 0.375. The minimum absolute atomic E-state index is 0.182. The summed E-state index contributed by atoms with van der Waals surface area (Å²) in [5, 5.41) is 10.6. The molecule has 4 nitrogen and oxygen atoms in total. The second-order valence-corrected chi connectivity index (χ2v) is 8.70. The third-order valence-corrected chi connectivity index (χ3v) is 6.44. The normalized spacial score (nSPS) is 23.0. The van der Waals surface area contributed by atoms with Crippen molar-refractivity contribution < 1.29 is 22.4 Å². The lowest BCUT2D eigenvalue weighted by atomic mass is 10.0. The van der Waals surface area contributed by atoms with Crippen LogP contribution in [0.5, 0.6) is 0 Å². The number of halogens is 4. The molecule has 4 rings (SSSR count). The first-order chi connectivity index (χ1) is 13.9. The SMILES string of the molecule is F[C@H]1CNCC[C@H]1Nc1cccc2c(CC(F)(F)F)c(/C=N\OCC3CC3)sc12. The molecule has 0 spiro atoms. The maximum Gasteiger partial charge on any atom is 0.393 e. The lowest BCUT2D eigenvalue weighted by molar-refractivity contribution is -0.126. The first-order valence-electron chi connectivity index (χ1n) is 9.78. The molecule has 1 saturated carbocycles. The Labute approximate surface area is 170 Å². The van der Waals surface area contributed by atoms with Gasteiger partial charge in [-0.25, -0.2) is 4.39 Å². The highest BCUT2D eigenvalue weighted by Gasteiger charge is 2.32. The monoisotopic (exact) mass is 429 g/mol. The summed E-state index contributed by atoms with van der Waals surface area (Å²) in [5.74, 6) is 0.513. The van der Waals surface area contributed by atoms with Gasteiger partial charge in [-0.3, -0.25) is 0 Å². The van der Waals surface area contributed by atoms with Gasteiger partial charge in [0.25, 0.3) is 0 Å². The van der Waals surface area contributed by atoms with Crippen molar-refractivity contribution in [3.8, 4) is 0 Å². The van der Waals surface area contributed by atoms with E-state index < -0.39 is 18.8 Å². The van der Waals surface area contributed by atoms with E-state index in [0.717, 1.165) is 12.8 Å². The molecular weight excluding hydrogens is 406 g/mol. The minimum Gasteiger partial charge on any atom is -0.395 e. The van der Waals surface area contributed by atoms with Gasteiger partial charge in [0.2, 0.25) is 0 Å². The van der Waals surface area contributed by atoms with Crippen LogP contribution in [0, 0.1) is 5.92 Å². The number of hydrogen-bond acceptors (Lipinski definition) is 5. The molecule has 1 aromatic heterocycles. The number of nitrogens with zero attached hydrogens (tertiary/aromatic N) is 1. The van der Waals surface area contributed by atoms with Gasteiger partial charge < -0.3 is 15.5 Å². The Morgan fingerprint density at radius 1 is 1.28 bits per heavy atom. The molecule has 1 aliphatic carbocycles. The average molecular weight is 429 g/mol. The van der Waals surface area contributed by atoms with Crippen LogP contribution in [-0.4, -0.2) is 44.3 Å². The van der Waals surface area contributed by atoms with Crippen LogP contribution in [0.25, 0.3) is 10.1 Å². The Morgan fingerprint density at radius 3 is 2.83 bits per heavy atom. The number of fused-ring (bicyclic) bond motifs is 1. The predicted octanol–water partition coefficient (Wildman–Crippen LogP) is 4.88. The van der Waals surface area contributed by atoms with E-state index in [4.69, 9.17) is 4.84 Å². The third-order valence-electron chi connectivity index (χ3n) is 5.23. The lowest BCUT2D eigenvalue weighted by Gasteiger charge is -2.28. The molecule has 2 atom stereocenters. The zero-order valence-electron chi connectivity index (χ0n) is 15.8. The number of benzene rings is 1. The Morgan fingerprint density at radius 2 is 2.10 bits per heavy atom. The number of piperidine rings is 1. The van der Waals surface area contributed by atoms with Gasteiger partial charge >= 0.3 is 6.18 Å². The number of anilines is 1. The summed E-state index contributed by atoms with van der Waals surface area (Å²) in [7, 11) is 0. The van der Waals surface area contributed by atoms with E-state index in [1.807, 2.05) is 0 Å². The summed E-state index contributed by atoms with van der Waals surface area (Å²) in [4.78, 5) is 5.65. The van der Waals surface area contributed by atoms with Crippen LogP contribution in [0.1, 0.15) is 29.7 Å². The van der Waals surface area contributed by atoms with Crippen LogP contribution in [0.2, 0.25) is 0 Å². The molecule has 0 radical (unpaired) electrons. The first-order valence-corrected chi connectivity index (χ1v) is 10.6. The van der Waals surface area contributed by atoms with Crippen LogP contribution >= 0.6 is 11.3 Å². The van der Waals surface area contributed by atoms with Crippen LogP contribution in [0.3, 0.4) is 0 Å². The van der Waals surface area contributed by atoms with E-state index in [1.54, 1.807) is 18.2 Å². The summed E-state index contributed by atoms with van der Waals surface area (Å²) in [6, 6.07) is 4.80. The number of oxime groups is 1. The van der Waals surface area contributed by atoms with E-state index in [-0.39, 0.29) is 18.2 Å². The summed E-state index contributed by atoms with van der Waals surface area (Å²) in [6.07, 6.45) is -2.22. The number of nitrogens with one attached hydrogen (secondary N) is 2. The fourth-order valence-corrected chi connectivity index (χ4v) is 4.65. The van der Waals surface area contributed by atoms with Gasteiger partial charge in [0.1, 0.15) is 12.8 Å². The van der Waals surface area contributed by atoms with Crippen molar-refractivity contribution in [2.24, 2.45) is 11.1 Å². The standard InChI is InChI=1S/C20H23F4N3OS/c21-15-9-25-7-6-16(15)27-17-3-1-2-13-14(8-20(22,23)24)18(29-19(13)17)10-26-28-11-12-4-5-12/h1-3,10,12,15-16,25,27H,4-9,11H2/b26-10-/t15-,16+/m0/s1. The molecule has 1 aliphatic heterocycles. The molecule has 0 amide bonds. The van der Waals surface area contributed by atoms with Crippen molar-refractivity contribution in [3.05, 3.63) is 28.6 Å². The van der Waals surface area contributed by atoms with Gasteiger partial charge in [-0.1, -0.05) is 17.3 Å². The van der Waals surface area contributed by atoms with Crippen molar-refractivity contribution in [1.82, 2.24) is 5.32 Å². The van der Waals surface area contributed by atoms with Crippen molar-refractivity contribution in [2.45, 2.75) is 44.1 Å². The van der Waals surface area contributed by atoms with E-state index in [9.17, 15) is 17.6 Å². The van der Waals surface area contributed by atoms with Gasteiger partial charge in [0, 0.05) is 6.54 Å².